The number of fused-ring (bicyclic) bond motifs is 1. The first-order valence-corrected chi connectivity index (χ1v) is 8.49. The van der Waals surface area contributed by atoms with E-state index < -0.39 is 0 Å². The van der Waals surface area contributed by atoms with Gasteiger partial charge in [-0.05, 0) is 43.2 Å². The standard InChI is InChI=1S/C22H26N2/c1-22(2,3)23-15-20-17-10-7-6-9-16(17)13-14-18(20)19-11-8-12-21(19)24(4)5/h6-15,19H,1-5H3. The smallest absolute Gasteiger partial charge is 0.0524 e. The van der Waals surface area contributed by atoms with Crippen molar-refractivity contribution < 1.29 is 0 Å². The Kier molecular flexibility index (Phi) is 4.31. The molecule has 0 radical (unpaired) electrons. The molecule has 1 atom stereocenters. The lowest BCUT2D eigenvalue weighted by Crippen LogP contribution is -2.17. The van der Waals surface area contributed by atoms with Crippen LogP contribution in [0.5, 0.6) is 0 Å². The summed E-state index contributed by atoms with van der Waals surface area (Å²) in [5.41, 5.74) is 3.78. The molecule has 0 aliphatic heterocycles. The Labute approximate surface area is 145 Å². The Balaban J connectivity index is 2.19. The van der Waals surface area contributed by atoms with Crippen molar-refractivity contribution >= 4 is 17.0 Å². The van der Waals surface area contributed by atoms with E-state index in [1.54, 1.807) is 0 Å². The monoisotopic (exact) mass is 318 g/mol. The SMILES string of the molecule is CN(C)C1=CC=CC1c1ccc2ccccc2c1C=NC(C)(C)C. The number of likely N-dealkylation sites (N-methyl/N-ethyl adjacent to an activating group) is 1. The Morgan fingerprint density at radius 1 is 1.04 bits per heavy atom. The fourth-order valence-electron chi connectivity index (χ4n) is 3.14. The topological polar surface area (TPSA) is 15.6 Å². The second kappa shape index (κ2) is 6.27. The van der Waals surface area contributed by atoms with Gasteiger partial charge in [-0.25, -0.2) is 0 Å². The molecule has 0 N–H and O–H groups in total. The molecule has 0 heterocycles. The molecule has 0 spiro atoms. The number of nitrogens with zero attached hydrogens (tertiary/aromatic N) is 2. The molecular weight excluding hydrogens is 292 g/mol. The summed E-state index contributed by atoms with van der Waals surface area (Å²) in [4.78, 5) is 7.00. The fraction of sp³-hybridized carbons (Fsp3) is 0.318. The highest BCUT2D eigenvalue weighted by molar-refractivity contribution is 6.01. The first kappa shape index (κ1) is 16.5. The minimum absolute atomic E-state index is 0.0834. The van der Waals surface area contributed by atoms with Gasteiger partial charge in [-0.2, -0.15) is 0 Å². The van der Waals surface area contributed by atoms with Crippen LogP contribution in [0.1, 0.15) is 37.8 Å². The largest absolute Gasteiger partial charge is 0.380 e. The molecule has 24 heavy (non-hydrogen) atoms. The number of hydrogen-bond acceptors (Lipinski definition) is 2. The average molecular weight is 318 g/mol. The predicted octanol–water partition coefficient (Wildman–Crippen LogP) is 5.16. The summed E-state index contributed by atoms with van der Waals surface area (Å²) < 4.78 is 0. The fourth-order valence-corrected chi connectivity index (χ4v) is 3.14. The third kappa shape index (κ3) is 3.28. The van der Waals surface area contributed by atoms with Crippen molar-refractivity contribution in [1.82, 2.24) is 4.90 Å². The van der Waals surface area contributed by atoms with E-state index in [1.807, 2.05) is 0 Å². The van der Waals surface area contributed by atoms with Crippen molar-refractivity contribution in [2.45, 2.75) is 32.2 Å². The van der Waals surface area contributed by atoms with Gasteiger partial charge in [-0.15, -0.1) is 0 Å². The molecule has 2 aromatic carbocycles. The van der Waals surface area contributed by atoms with Crippen molar-refractivity contribution in [3.63, 3.8) is 0 Å². The van der Waals surface area contributed by atoms with E-state index in [4.69, 9.17) is 4.99 Å². The van der Waals surface area contributed by atoms with E-state index in [1.165, 1.54) is 27.6 Å². The van der Waals surface area contributed by atoms with E-state index in [0.29, 0.717) is 0 Å². The summed E-state index contributed by atoms with van der Waals surface area (Å²) >= 11 is 0. The molecule has 124 valence electrons. The molecule has 2 aromatic rings. The summed E-state index contributed by atoms with van der Waals surface area (Å²) in [6, 6.07) is 13.0. The van der Waals surface area contributed by atoms with E-state index in [9.17, 15) is 0 Å². The number of allylic oxidation sites excluding steroid dienone is 3. The van der Waals surface area contributed by atoms with Crippen molar-refractivity contribution in [2.24, 2.45) is 4.99 Å². The van der Waals surface area contributed by atoms with Gasteiger partial charge in [0.1, 0.15) is 0 Å². The maximum absolute atomic E-state index is 4.80. The Morgan fingerprint density at radius 3 is 2.50 bits per heavy atom. The number of rotatable bonds is 3. The molecule has 3 rings (SSSR count). The molecule has 0 fully saturated rings. The highest BCUT2D eigenvalue weighted by Gasteiger charge is 2.22. The molecule has 0 bridgehead atoms. The zero-order valence-corrected chi connectivity index (χ0v) is 15.2. The van der Waals surface area contributed by atoms with Crippen LogP contribution in [-0.4, -0.2) is 30.7 Å². The van der Waals surface area contributed by atoms with Crippen LogP contribution in [0.15, 0.2) is 65.3 Å². The summed E-state index contributed by atoms with van der Waals surface area (Å²) in [6.07, 6.45) is 8.69. The molecule has 1 aliphatic rings. The van der Waals surface area contributed by atoms with Crippen LogP contribution in [0, 0.1) is 0 Å². The van der Waals surface area contributed by atoms with Crippen molar-refractivity contribution in [1.29, 1.82) is 0 Å². The third-order valence-electron chi connectivity index (χ3n) is 4.33. The highest BCUT2D eigenvalue weighted by Crippen LogP contribution is 2.35. The van der Waals surface area contributed by atoms with Crippen LogP contribution in [0.2, 0.25) is 0 Å². The van der Waals surface area contributed by atoms with Gasteiger partial charge in [-0.1, -0.05) is 48.6 Å². The lowest BCUT2D eigenvalue weighted by Gasteiger charge is -2.24. The number of aliphatic imine (C=N–C) groups is 1. The lowest BCUT2D eigenvalue weighted by atomic mass is 9.89. The van der Waals surface area contributed by atoms with E-state index in [-0.39, 0.29) is 11.5 Å². The molecule has 0 saturated carbocycles. The Bertz CT molecular complexity index is 833. The third-order valence-corrected chi connectivity index (χ3v) is 4.33. The molecule has 2 nitrogen and oxygen atoms in total. The lowest BCUT2D eigenvalue weighted by molar-refractivity contribution is 0.487. The highest BCUT2D eigenvalue weighted by atomic mass is 15.1. The molecule has 0 amide bonds. The molecular formula is C22H26N2. The van der Waals surface area contributed by atoms with Crippen molar-refractivity contribution in [3.05, 3.63) is 71.5 Å². The minimum atomic E-state index is -0.0834. The maximum Gasteiger partial charge on any atom is 0.0524 e. The number of hydrogen-bond donors (Lipinski definition) is 0. The molecule has 0 saturated heterocycles. The van der Waals surface area contributed by atoms with Crippen molar-refractivity contribution in [3.8, 4) is 0 Å². The Hall–Kier alpha value is -2.35. The first-order valence-electron chi connectivity index (χ1n) is 8.49. The van der Waals surface area contributed by atoms with Gasteiger partial charge in [0, 0.05) is 37.5 Å². The first-order chi connectivity index (χ1) is 11.4. The molecule has 2 heteroatoms. The quantitative estimate of drug-likeness (QED) is 0.714. The maximum atomic E-state index is 4.80. The van der Waals surface area contributed by atoms with Crippen LogP contribution in [0.25, 0.3) is 10.8 Å². The van der Waals surface area contributed by atoms with E-state index in [0.717, 1.165) is 0 Å². The minimum Gasteiger partial charge on any atom is -0.380 e. The summed E-state index contributed by atoms with van der Waals surface area (Å²) in [7, 11) is 4.21. The molecule has 1 unspecified atom stereocenters. The number of benzene rings is 2. The normalized spacial score (nSPS) is 17.7. The van der Waals surface area contributed by atoms with Crippen LogP contribution < -0.4 is 0 Å². The van der Waals surface area contributed by atoms with Gasteiger partial charge >= 0.3 is 0 Å². The predicted molar refractivity (Wildman–Crippen MR) is 105 cm³/mol. The molecule has 1 aliphatic carbocycles. The van der Waals surface area contributed by atoms with Gasteiger partial charge in [0.25, 0.3) is 0 Å². The summed E-state index contributed by atoms with van der Waals surface area (Å²) in [6.45, 7) is 6.40. The van der Waals surface area contributed by atoms with Crippen LogP contribution in [0.4, 0.5) is 0 Å². The summed E-state index contributed by atoms with van der Waals surface area (Å²) in [5, 5.41) is 2.52. The molecule has 0 aromatic heterocycles. The van der Waals surface area contributed by atoms with Crippen molar-refractivity contribution in [2.75, 3.05) is 14.1 Å². The zero-order chi connectivity index (χ0) is 17.3. The summed E-state index contributed by atoms with van der Waals surface area (Å²) in [5.74, 6) is 0.283. The van der Waals surface area contributed by atoms with Gasteiger partial charge in [0.05, 0.1) is 5.54 Å². The van der Waals surface area contributed by atoms with Gasteiger partial charge in [0.15, 0.2) is 0 Å². The van der Waals surface area contributed by atoms with E-state index in [2.05, 4.69) is 101 Å². The van der Waals surface area contributed by atoms with Crippen LogP contribution in [-0.2, 0) is 0 Å². The van der Waals surface area contributed by atoms with Gasteiger partial charge in [0.2, 0.25) is 0 Å². The second-order valence-electron chi connectivity index (χ2n) is 7.57. The zero-order valence-electron chi connectivity index (χ0n) is 15.2. The van der Waals surface area contributed by atoms with Crippen LogP contribution >= 0.6 is 0 Å². The van der Waals surface area contributed by atoms with E-state index >= 15 is 0 Å². The Morgan fingerprint density at radius 2 is 1.79 bits per heavy atom. The average Bonchev–Trinajstić information content (AvgIpc) is 3.01. The second-order valence-corrected chi connectivity index (χ2v) is 7.57. The van der Waals surface area contributed by atoms with Gasteiger partial charge in [-0.3, -0.25) is 4.99 Å². The van der Waals surface area contributed by atoms with Crippen LogP contribution in [0.3, 0.4) is 0 Å². The van der Waals surface area contributed by atoms with Gasteiger partial charge < -0.3 is 4.90 Å².